The van der Waals surface area contributed by atoms with E-state index in [1.165, 1.54) is 6.20 Å². The minimum atomic E-state index is -1.21. The molecule has 0 bridgehead atoms. The maximum absolute atomic E-state index is 14.0. The molecule has 1 N–H and O–H groups in total. The van der Waals surface area contributed by atoms with E-state index in [1.54, 1.807) is 43.3 Å². The van der Waals surface area contributed by atoms with Crippen LogP contribution in [0, 0.1) is 0 Å². The first-order valence-electron chi connectivity index (χ1n) is 10.2. The van der Waals surface area contributed by atoms with Crippen LogP contribution in [0.1, 0.15) is 37.0 Å². The number of fused-ring (bicyclic) bond motifs is 1. The SMILES string of the molecule is CCOC(=O)Nc1cncc(-n2ccc3cc(C(=O)N4CCC(C)(F)CC4)cnc32)c1. The van der Waals surface area contributed by atoms with E-state index in [0.29, 0.717) is 48.5 Å². The number of likely N-dealkylation sites (tertiary alicyclic amines) is 1. The molecule has 0 aliphatic carbocycles. The molecule has 162 valence electrons. The standard InChI is InChI=1S/C22H24FN5O3/c1-3-31-21(30)26-17-11-18(14-24-13-17)28-7-4-15-10-16(12-25-19(15)28)20(29)27-8-5-22(2,23)6-9-27/h4,7,10-14H,3,5-6,8-9H2,1-2H3,(H,26,30). The Kier molecular flexibility index (Phi) is 5.58. The van der Waals surface area contributed by atoms with E-state index < -0.39 is 11.8 Å². The normalized spacial score (nSPS) is 15.6. The van der Waals surface area contributed by atoms with Crippen LogP contribution in [-0.2, 0) is 4.74 Å². The Bertz CT molecular complexity index is 1120. The zero-order chi connectivity index (χ0) is 22.0. The van der Waals surface area contributed by atoms with Crippen LogP contribution in [0.4, 0.5) is 14.9 Å². The van der Waals surface area contributed by atoms with Crippen molar-refractivity contribution < 1.29 is 18.7 Å². The fraction of sp³-hybridized carbons (Fsp3) is 0.364. The van der Waals surface area contributed by atoms with Crippen molar-refractivity contribution in [3.63, 3.8) is 0 Å². The van der Waals surface area contributed by atoms with Crippen molar-refractivity contribution >= 4 is 28.7 Å². The topological polar surface area (TPSA) is 89.3 Å². The van der Waals surface area contributed by atoms with Gasteiger partial charge in [0.1, 0.15) is 11.3 Å². The van der Waals surface area contributed by atoms with Crippen LogP contribution >= 0.6 is 0 Å². The molecule has 0 aromatic carbocycles. The summed E-state index contributed by atoms with van der Waals surface area (Å²) in [5.41, 5.74) is 1.12. The maximum Gasteiger partial charge on any atom is 0.411 e. The summed E-state index contributed by atoms with van der Waals surface area (Å²) in [6.45, 7) is 4.38. The van der Waals surface area contributed by atoms with Gasteiger partial charge in [0, 0.05) is 30.9 Å². The molecular formula is C22H24FN5O3. The van der Waals surface area contributed by atoms with Crippen molar-refractivity contribution in [1.82, 2.24) is 19.4 Å². The third kappa shape index (κ3) is 4.50. The number of halogens is 1. The van der Waals surface area contributed by atoms with E-state index in [2.05, 4.69) is 15.3 Å². The molecule has 1 fully saturated rings. The lowest BCUT2D eigenvalue weighted by Gasteiger charge is -2.34. The van der Waals surface area contributed by atoms with E-state index in [0.717, 1.165) is 5.39 Å². The number of aromatic nitrogens is 3. The minimum absolute atomic E-state index is 0.139. The monoisotopic (exact) mass is 425 g/mol. The molecule has 0 radical (unpaired) electrons. The molecule has 0 saturated carbocycles. The molecule has 4 rings (SSSR count). The molecule has 8 nitrogen and oxygen atoms in total. The van der Waals surface area contributed by atoms with E-state index in [9.17, 15) is 14.0 Å². The smallest absolute Gasteiger partial charge is 0.411 e. The molecule has 0 spiro atoms. The van der Waals surface area contributed by atoms with Gasteiger partial charge in [-0.25, -0.2) is 14.2 Å². The number of alkyl halides is 1. The molecule has 2 amide bonds. The molecule has 1 aliphatic heterocycles. The molecule has 0 unspecified atom stereocenters. The van der Waals surface area contributed by atoms with Crippen LogP contribution in [0.25, 0.3) is 16.7 Å². The second-order valence-corrected chi connectivity index (χ2v) is 7.81. The number of hydrogen-bond acceptors (Lipinski definition) is 5. The van der Waals surface area contributed by atoms with Gasteiger partial charge in [0.15, 0.2) is 0 Å². The lowest BCUT2D eigenvalue weighted by Crippen LogP contribution is -2.43. The Morgan fingerprint density at radius 1 is 1.23 bits per heavy atom. The molecule has 1 saturated heterocycles. The van der Waals surface area contributed by atoms with E-state index in [1.807, 2.05) is 16.8 Å². The fourth-order valence-electron chi connectivity index (χ4n) is 3.62. The van der Waals surface area contributed by atoms with Crippen LogP contribution in [0.5, 0.6) is 0 Å². The Morgan fingerprint density at radius 3 is 2.74 bits per heavy atom. The van der Waals surface area contributed by atoms with Crippen molar-refractivity contribution in [2.75, 3.05) is 25.0 Å². The van der Waals surface area contributed by atoms with Gasteiger partial charge in [-0.05, 0) is 44.9 Å². The molecule has 1 aliphatic rings. The number of nitrogens with zero attached hydrogens (tertiary/aromatic N) is 4. The predicted molar refractivity (Wildman–Crippen MR) is 114 cm³/mol. The van der Waals surface area contributed by atoms with Gasteiger partial charge in [-0.15, -0.1) is 0 Å². The third-order valence-corrected chi connectivity index (χ3v) is 5.39. The summed E-state index contributed by atoms with van der Waals surface area (Å²) in [5.74, 6) is -0.139. The van der Waals surface area contributed by atoms with Gasteiger partial charge >= 0.3 is 6.09 Å². The van der Waals surface area contributed by atoms with E-state index in [-0.39, 0.29) is 12.5 Å². The molecule has 9 heteroatoms. The summed E-state index contributed by atoms with van der Waals surface area (Å²) in [4.78, 5) is 34.8. The Morgan fingerprint density at radius 2 is 2.00 bits per heavy atom. The van der Waals surface area contributed by atoms with Gasteiger partial charge in [-0.2, -0.15) is 0 Å². The highest BCUT2D eigenvalue weighted by Gasteiger charge is 2.32. The van der Waals surface area contributed by atoms with Crippen LogP contribution in [0.15, 0.2) is 43.0 Å². The molecule has 0 atom stereocenters. The fourth-order valence-corrected chi connectivity index (χ4v) is 3.62. The summed E-state index contributed by atoms with van der Waals surface area (Å²) in [5, 5.41) is 3.42. The second kappa shape index (κ2) is 8.33. The van der Waals surface area contributed by atoms with Crippen molar-refractivity contribution in [1.29, 1.82) is 0 Å². The van der Waals surface area contributed by atoms with Gasteiger partial charge in [0.25, 0.3) is 5.91 Å². The number of rotatable bonds is 4. The summed E-state index contributed by atoms with van der Waals surface area (Å²) >= 11 is 0. The number of piperidine rings is 1. The highest BCUT2D eigenvalue weighted by molar-refractivity contribution is 5.97. The van der Waals surface area contributed by atoms with Crippen molar-refractivity contribution in [2.45, 2.75) is 32.4 Å². The molecule has 4 heterocycles. The number of nitrogens with one attached hydrogen (secondary N) is 1. The predicted octanol–water partition coefficient (Wildman–Crippen LogP) is 3.95. The maximum atomic E-state index is 14.0. The van der Waals surface area contributed by atoms with Crippen molar-refractivity contribution in [2.24, 2.45) is 0 Å². The number of hydrogen-bond donors (Lipinski definition) is 1. The molecule has 3 aromatic rings. The van der Waals surface area contributed by atoms with Crippen LogP contribution in [-0.4, -0.2) is 56.8 Å². The van der Waals surface area contributed by atoms with Gasteiger partial charge in [-0.1, -0.05) is 0 Å². The first-order chi connectivity index (χ1) is 14.9. The number of carbonyl (C=O) groups is 2. The average Bonchev–Trinajstić information content (AvgIpc) is 3.17. The van der Waals surface area contributed by atoms with Crippen LogP contribution < -0.4 is 5.32 Å². The largest absolute Gasteiger partial charge is 0.450 e. The van der Waals surface area contributed by atoms with Crippen molar-refractivity contribution in [3.05, 3.63) is 48.5 Å². The summed E-state index contributed by atoms with van der Waals surface area (Å²) < 4.78 is 20.7. The number of amides is 2. The summed E-state index contributed by atoms with van der Waals surface area (Å²) in [7, 11) is 0. The first kappa shape index (κ1) is 20.8. The van der Waals surface area contributed by atoms with Gasteiger partial charge < -0.3 is 9.64 Å². The Hall–Kier alpha value is -3.49. The van der Waals surface area contributed by atoms with Gasteiger partial charge in [0.05, 0.1) is 35.9 Å². The van der Waals surface area contributed by atoms with E-state index in [4.69, 9.17) is 4.74 Å². The lowest BCUT2D eigenvalue weighted by atomic mass is 9.95. The number of pyridine rings is 2. The summed E-state index contributed by atoms with van der Waals surface area (Å²) in [6.07, 6.45) is 6.67. The number of anilines is 1. The summed E-state index contributed by atoms with van der Waals surface area (Å²) in [6, 6.07) is 5.41. The zero-order valence-corrected chi connectivity index (χ0v) is 17.5. The zero-order valence-electron chi connectivity index (χ0n) is 17.5. The quantitative estimate of drug-likeness (QED) is 0.684. The van der Waals surface area contributed by atoms with Gasteiger partial charge in [-0.3, -0.25) is 19.7 Å². The highest BCUT2D eigenvalue weighted by Crippen LogP contribution is 2.27. The Labute approximate surface area is 179 Å². The highest BCUT2D eigenvalue weighted by atomic mass is 19.1. The van der Waals surface area contributed by atoms with Gasteiger partial charge in [0.2, 0.25) is 0 Å². The minimum Gasteiger partial charge on any atom is -0.450 e. The number of carbonyl (C=O) groups excluding carboxylic acids is 2. The van der Waals surface area contributed by atoms with Crippen LogP contribution in [0.3, 0.4) is 0 Å². The van der Waals surface area contributed by atoms with Crippen LogP contribution in [0.2, 0.25) is 0 Å². The average molecular weight is 425 g/mol. The number of ether oxygens (including phenoxy) is 1. The Balaban J connectivity index is 1.56. The molecular weight excluding hydrogens is 401 g/mol. The second-order valence-electron chi connectivity index (χ2n) is 7.81. The molecule has 31 heavy (non-hydrogen) atoms. The molecule has 3 aromatic heterocycles. The third-order valence-electron chi connectivity index (χ3n) is 5.39. The first-order valence-corrected chi connectivity index (χ1v) is 10.2. The lowest BCUT2D eigenvalue weighted by molar-refractivity contribution is 0.0503. The van der Waals surface area contributed by atoms with Crippen molar-refractivity contribution in [3.8, 4) is 5.69 Å². The van der Waals surface area contributed by atoms with E-state index >= 15 is 0 Å².